The molecule has 7 nitrogen and oxygen atoms in total. The van der Waals surface area contributed by atoms with Crippen molar-refractivity contribution in [2.75, 3.05) is 32.7 Å². The van der Waals surface area contributed by atoms with Gasteiger partial charge in [0.1, 0.15) is 5.75 Å². The minimum Gasteiger partial charge on any atom is -0.497 e. The Morgan fingerprint density at radius 1 is 1.10 bits per heavy atom. The zero-order valence-corrected chi connectivity index (χ0v) is 18.6. The van der Waals surface area contributed by atoms with Crippen molar-refractivity contribution in [3.05, 3.63) is 60.2 Å². The molecular weight excluding hydrogens is 414 g/mol. The molecule has 1 aliphatic rings. The fourth-order valence-corrected chi connectivity index (χ4v) is 5.72. The number of rotatable bonds is 5. The van der Waals surface area contributed by atoms with Crippen molar-refractivity contribution in [2.45, 2.75) is 12.5 Å². The van der Waals surface area contributed by atoms with Gasteiger partial charge in [0.15, 0.2) is 9.84 Å². The Morgan fingerprint density at radius 3 is 2.42 bits per heavy atom. The van der Waals surface area contributed by atoms with E-state index in [9.17, 15) is 13.2 Å². The van der Waals surface area contributed by atoms with E-state index in [1.54, 1.807) is 37.3 Å². The van der Waals surface area contributed by atoms with Crippen molar-refractivity contribution < 1.29 is 17.9 Å². The number of para-hydroxylation sites is 1. The van der Waals surface area contributed by atoms with E-state index in [0.29, 0.717) is 23.2 Å². The number of methoxy groups -OCH3 is 1. The summed E-state index contributed by atoms with van der Waals surface area (Å²) in [4.78, 5) is 18.5. The van der Waals surface area contributed by atoms with Gasteiger partial charge in [-0.3, -0.25) is 9.80 Å². The van der Waals surface area contributed by atoms with E-state index >= 15 is 0 Å². The van der Waals surface area contributed by atoms with Gasteiger partial charge in [0.05, 0.1) is 41.4 Å². The van der Waals surface area contributed by atoms with Gasteiger partial charge in [-0.1, -0.05) is 18.2 Å². The number of ether oxygens (including phenoxy) is 1. The second-order valence-corrected chi connectivity index (χ2v) is 10.1. The van der Waals surface area contributed by atoms with Crippen LogP contribution in [-0.2, 0) is 9.84 Å². The lowest BCUT2D eigenvalue weighted by Gasteiger charge is -2.34. The first-order chi connectivity index (χ1) is 14.8. The summed E-state index contributed by atoms with van der Waals surface area (Å²) in [6.07, 6.45) is 0.431. The van der Waals surface area contributed by atoms with E-state index in [0.717, 1.165) is 16.7 Å². The van der Waals surface area contributed by atoms with E-state index < -0.39 is 9.84 Å². The zero-order chi connectivity index (χ0) is 22.2. The first kappa shape index (κ1) is 21.3. The van der Waals surface area contributed by atoms with Crippen molar-refractivity contribution in [1.82, 2.24) is 15.0 Å². The number of carbonyl (C=O) groups is 1. The molecule has 0 N–H and O–H groups in total. The van der Waals surface area contributed by atoms with Crippen molar-refractivity contribution in [2.24, 2.45) is 0 Å². The van der Waals surface area contributed by atoms with Crippen LogP contribution in [0.1, 0.15) is 16.8 Å². The molecule has 1 amide bonds. The highest BCUT2D eigenvalue weighted by Gasteiger charge is 2.37. The Kier molecular flexibility index (Phi) is 5.68. The maximum atomic E-state index is 13.7. The van der Waals surface area contributed by atoms with E-state index in [-0.39, 0.29) is 23.5 Å². The highest BCUT2D eigenvalue weighted by molar-refractivity contribution is 7.91. The smallest absolute Gasteiger partial charge is 0.269 e. The molecule has 0 radical (unpaired) electrons. The van der Waals surface area contributed by atoms with Gasteiger partial charge in [-0.05, 0) is 42.8 Å². The topological polar surface area (TPSA) is 79.8 Å². The van der Waals surface area contributed by atoms with Gasteiger partial charge in [-0.15, -0.1) is 0 Å². The summed E-state index contributed by atoms with van der Waals surface area (Å²) in [5, 5.41) is 3.97. The molecular formula is C23H25N3O4S. The number of fused-ring (bicyclic) bond motifs is 1. The molecule has 0 saturated carbocycles. The monoisotopic (exact) mass is 439 g/mol. The summed E-state index contributed by atoms with van der Waals surface area (Å²) in [6, 6.07) is 16.4. The average Bonchev–Trinajstić information content (AvgIpc) is 3.11. The van der Waals surface area contributed by atoms with Gasteiger partial charge in [0.2, 0.25) is 0 Å². The molecule has 2 aromatic carbocycles. The summed E-state index contributed by atoms with van der Waals surface area (Å²) in [5.74, 6) is 0.580. The molecule has 0 bridgehead atoms. The number of hydrogen-bond donors (Lipinski definition) is 0. The quantitative estimate of drug-likeness (QED) is 0.569. The molecule has 2 heterocycles. The second kappa shape index (κ2) is 8.28. The highest BCUT2D eigenvalue weighted by Crippen LogP contribution is 2.29. The van der Waals surface area contributed by atoms with Crippen molar-refractivity contribution in [3.63, 3.8) is 0 Å². The molecule has 0 spiro atoms. The van der Waals surface area contributed by atoms with Gasteiger partial charge >= 0.3 is 0 Å². The van der Waals surface area contributed by atoms with E-state index in [1.807, 2.05) is 48.5 Å². The lowest BCUT2D eigenvalue weighted by molar-refractivity contribution is 0.00120. The Labute approximate surface area is 182 Å². The number of amides is 1. The standard InChI is InChI=1S/C23H25N3O4S/c1-25(2)26(17-12-13-31(28,29)15-17)23(27)20-14-22(16-8-10-18(30-3)11-9-16)24-21-7-5-4-6-19(20)21/h4-11,14,17H,12-13,15H2,1-3H3/t17-/m0/s1. The summed E-state index contributed by atoms with van der Waals surface area (Å²) in [7, 11) is 2.00. The predicted molar refractivity (Wildman–Crippen MR) is 121 cm³/mol. The number of nitrogens with zero attached hydrogens (tertiary/aromatic N) is 3. The SMILES string of the molecule is COc1ccc(-c2cc(C(=O)N([C@H]3CCS(=O)(=O)C3)N(C)C)c3ccccc3n2)cc1. The molecule has 31 heavy (non-hydrogen) atoms. The van der Waals surface area contributed by atoms with Crippen LogP contribution < -0.4 is 4.74 Å². The summed E-state index contributed by atoms with van der Waals surface area (Å²) in [5.41, 5.74) is 2.73. The van der Waals surface area contributed by atoms with Crippen LogP contribution in [0.25, 0.3) is 22.2 Å². The molecule has 1 fully saturated rings. The van der Waals surface area contributed by atoms with Crippen LogP contribution in [0.4, 0.5) is 0 Å². The largest absolute Gasteiger partial charge is 0.497 e. The van der Waals surface area contributed by atoms with Gasteiger partial charge < -0.3 is 4.74 Å². The number of benzene rings is 2. The molecule has 1 aliphatic heterocycles. The fourth-order valence-electron chi connectivity index (χ4n) is 4.03. The lowest BCUT2D eigenvalue weighted by Crippen LogP contribution is -2.49. The van der Waals surface area contributed by atoms with Gasteiger partial charge in [-0.2, -0.15) is 0 Å². The van der Waals surface area contributed by atoms with E-state index in [4.69, 9.17) is 9.72 Å². The molecule has 4 rings (SSSR count). The summed E-state index contributed by atoms with van der Waals surface area (Å²) < 4.78 is 29.3. The number of aromatic nitrogens is 1. The molecule has 162 valence electrons. The number of sulfone groups is 1. The predicted octanol–water partition coefficient (Wildman–Crippen LogP) is 3.02. The van der Waals surface area contributed by atoms with Crippen LogP contribution in [-0.4, -0.2) is 68.1 Å². The third-order valence-corrected chi connectivity index (χ3v) is 7.28. The number of pyridine rings is 1. The molecule has 1 atom stereocenters. The first-order valence-corrected chi connectivity index (χ1v) is 11.9. The maximum absolute atomic E-state index is 13.7. The van der Waals surface area contributed by atoms with Crippen LogP contribution in [0.2, 0.25) is 0 Å². The summed E-state index contributed by atoms with van der Waals surface area (Å²) >= 11 is 0. The Balaban J connectivity index is 1.82. The Bertz CT molecular complexity index is 1220. The Morgan fingerprint density at radius 2 is 1.81 bits per heavy atom. The van der Waals surface area contributed by atoms with Gasteiger partial charge in [0, 0.05) is 25.0 Å². The van der Waals surface area contributed by atoms with E-state index in [2.05, 4.69) is 0 Å². The van der Waals surface area contributed by atoms with Crippen molar-refractivity contribution in [1.29, 1.82) is 0 Å². The molecule has 8 heteroatoms. The van der Waals surface area contributed by atoms with Crippen LogP contribution >= 0.6 is 0 Å². The third-order valence-electron chi connectivity index (χ3n) is 5.53. The van der Waals surface area contributed by atoms with Gasteiger partial charge in [0.25, 0.3) is 5.91 Å². The number of hydrogen-bond acceptors (Lipinski definition) is 6. The molecule has 1 saturated heterocycles. The molecule has 0 unspecified atom stereocenters. The van der Waals surface area contributed by atoms with Crippen LogP contribution in [0.3, 0.4) is 0 Å². The zero-order valence-electron chi connectivity index (χ0n) is 17.8. The molecule has 0 aliphatic carbocycles. The van der Waals surface area contributed by atoms with Crippen molar-refractivity contribution >= 4 is 26.6 Å². The van der Waals surface area contributed by atoms with Crippen LogP contribution in [0.15, 0.2) is 54.6 Å². The number of carbonyl (C=O) groups excluding carboxylic acids is 1. The minimum atomic E-state index is -3.13. The number of hydrazine groups is 1. The van der Waals surface area contributed by atoms with Crippen molar-refractivity contribution in [3.8, 4) is 17.0 Å². The fraction of sp³-hybridized carbons (Fsp3) is 0.304. The third kappa shape index (κ3) is 4.26. The Hall–Kier alpha value is -2.97. The lowest BCUT2D eigenvalue weighted by atomic mass is 10.0. The van der Waals surface area contributed by atoms with Gasteiger partial charge in [-0.25, -0.2) is 18.4 Å². The van der Waals surface area contributed by atoms with E-state index in [1.165, 1.54) is 0 Å². The summed E-state index contributed by atoms with van der Waals surface area (Å²) in [6.45, 7) is 0. The maximum Gasteiger partial charge on any atom is 0.269 e. The highest BCUT2D eigenvalue weighted by atomic mass is 32.2. The van der Waals surface area contributed by atoms with Crippen LogP contribution in [0.5, 0.6) is 5.75 Å². The minimum absolute atomic E-state index is 0.0225. The average molecular weight is 440 g/mol. The molecule has 3 aromatic rings. The normalized spacial score (nSPS) is 17.7. The second-order valence-electron chi connectivity index (χ2n) is 7.85. The van der Waals surface area contributed by atoms with Crippen LogP contribution in [0, 0.1) is 0 Å². The molecule has 1 aromatic heterocycles. The first-order valence-electron chi connectivity index (χ1n) is 10.0.